The zero-order chi connectivity index (χ0) is 18.9. The number of nitrogens with one attached hydrogen (secondary N) is 1. The summed E-state index contributed by atoms with van der Waals surface area (Å²) in [7, 11) is 0. The van der Waals surface area contributed by atoms with E-state index >= 15 is 0 Å². The average molecular weight is 350 g/mol. The normalized spacial score (nSPS) is 12.3. The SMILES string of the molecule is CC(C)(C)Cn1c(=O)ccc2cnc(NC(C)(C)c3ccccc3)nc21. The fraction of sp³-hybridized carbons (Fsp3) is 0.381. The molecule has 5 nitrogen and oxygen atoms in total. The fourth-order valence-corrected chi connectivity index (χ4v) is 2.97. The minimum atomic E-state index is -0.334. The van der Waals surface area contributed by atoms with Gasteiger partial charge in [0.05, 0.1) is 5.54 Å². The van der Waals surface area contributed by atoms with Crippen LogP contribution in [0.15, 0.2) is 53.5 Å². The Kier molecular flexibility index (Phi) is 4.57. The third-order valence-corrected chi connectivity index (χ3v) is 4.28. The number of anilines is 1. The van der Waals surface area contributed by atoms with Gasteiger partial charge in [0.2, 0.25) is 5.95 Å². The Labute approximate surface area is 154 Å². The van der Waals surface area contributed by atoms with E-state index in [1.165, 1.54) is 0 Å². The summed E-state index contributed by atoms with van der Waals surface area (Å²) in [5.41, 5.74) is 1.40. The standard InChI is InChI=1S/C21H26N4O/c1-20(2,3)14-25-17(26)12-11-15-13-22-19(23-18(15)25)24-21(4,5)16-9-7-6-8-10-16/h6-13H,14H2,1-5H3,(H,22,23,24). The van der Waals surface area contributed by atoms with E-state index in [4.69, 9.17) is 0 Å². The van der Waals surface area contributed by atoms with Gasteiger partial charge in [-0.3, -0.25) is 9.36 Å². The minimum Gasteiger partial charge on any atom is -0.345 e. The molecule has 0 radical (unpaired) electrons. The van der Waals surface area contributed by atoms with Gasteiger partial charge >= 0.3 is 0 Å². The number of hydrogen-bond acceptors (Lipinski definition) is 4. The van der Waals surface area contributed by atoms with E-state index in [1.54, 1.807) is 22.9 Å². The smallest absolute Gasteiger partial charge is 0.252 e. The van der Waals surface area contributed by atoms with E-state index in [0.717, 1.165) is 10.9 Å². The minimum absolute atomic E-state index is 0.0278. The molecule has 3 rings (SSSR count). The second kappa shape index (κ2) is 6.56. The predicted molar refractivity (Wildman–Crippen MR) is 106 cm³/mol. The summed E-state index contributed by atoms with van der Waals surface area (Å²) in [6.45, 7) is 11.1. The first-order valence-electron chi connectivity index (χ1n) is 8.86. The molecule has 0 fully saturated rings. The van der Waals surface area contributed by atoms with Gasteiger partial charge in [-0.1, -0.05) is 51.1 Å². The van der Waals surface area contributed by atoms with Gasteiger partial charge in [0.1, 0.15) is 5.65 Å². The van der Waals surface area contributed by atoms with Crippen molar-refractivity contribution in [2.24, 2.45) is 5.41 Å². The predicted octanol–water partition coefficient (Wildman–Crippen LogP) is 4.18. The molecule has 136 valence electrons. The Hall–Kier alpha value is -2.69. The van der Waals surface area contributed by atoms with Gasteiger partial charge in [0.15, 0.2) is 0 Å². The molecule has 0 atom stereocenters. The molecule has 0 saturated carbocycles. The van der Waals surface area contributed by atoms with Crippen molar-refractivity contribution in [2.75, 3.05) is 5.32 Å². The molecule has 0 saturated heterocycles. The van der Waals surface area contributed by atoms with Crippen LogP contribution in [0.4, 0.5) is 5.95 Å². The lowest BCUT2D eigenvalue weighted by Gasteiger charge is -2.27. The summed E-state index contributed by atoms with van der Waals surface area (Å²) in [5, 5.41) is 4.26. The van der Waals surface area contributed by atoms with Gasteiger partial charge in [0.25, 0.3) is 5.56 Å². The molecular weight excluding hydrogens is 324 g/mol. The van der Waals surface area contributed by atoms with Crippen LogP contribution in [-0.2, 0) is 12.1 Å². The van der Waals surface area contributed by atoms with E-state index < -0.39 is 0 Å². The van der Waals surface area contributed by atoms with Crippen molar-refractivity contribution in [3.63, 3.8) is 0 Å². The van der Waals surface area contributed by atoms with Crippen molar-refractivity contribution in [3.8, 4) is 0 Å². The summed E-state index contributed by atoms with van der Waals surface area (Å²) >= 11 is 0. The van der Waals surface area contributed by atoms with Gasteiger partial charge in [-0.15, -0.1) is 0 Å². The van der Waals surface area contributed by atoms with Crippen LogP contribution < -0.4 is 10.9 Å². The Morgan fingerprint density at radius 2 is 1.69 bits per heavy atom. The highest BCUT2D eigenvalue weighted by Gasteiger charge is 2.22. The Bertz CT molecular complexity index is 969. The van der Waals surface area contributed by atoms with Crippen molar-refractivity contribution in [1.29, 1.82) is 0 Å². The fourth-order valence-electron chi connectivity index (χ4n) is 2.97. The molecule has 1 N–H and O–H groups in total. The topological polar surface area (TPSA) is 59.8 Å². The van der Waals surface area contributed by atoms with Crippen molar-refractivity contribution >= 4 is 17.0 Å². The number of nitrogens with zero attached hydrogens (tertiary/aromatic N) is 3. The summed E-state index contributed by atoms with van der Waals surface area (Å²) in [5.74, 6) is 0.514. The molecule has 0 aliphatic heterocycles. The Balaban J connectivity index is 2.03. The molecule has 5 heteroatoms. The van der Waals surface area contributed by atoms with Crippen LogP contribution in [0.25, 0.3) is 11.0 Å². The number of fused-ring (bicyclic) bond motifs is 1. The maximum Gasteiger partial charge on any atom is 0.252 e. The Morgan fingerprint density at radius 3 is 2.35 bits per heavy atom. The summed E-state index contributed by atoms with van der Waals surface area (Å²) in [4.78, 5) is 21.5. The quantitative estimate of drug-likeness (QED) is 0.767. The molecule has 2 aromatic heterocycles. The molecular formula is C21H26N4O. The summed E-state index contributed by atoms with van der Waals surface area (Å²) in [6, 6.07) is 13.5. The molecule has 0 aliphatic carbocycles. The van der Waals surface area contributed by atoms with Gasteiger partial charge in [0, 0.05) is 24.2 Å². The van der Waals surface area contributed by atoms with E-state index in [0.29, 0.717) is 18.1 Å². The third-order valence-electron chi connectivity index (χ3n) is 4.28. The van der Waals surface area contributed by atoms with E-state index in [1.807, 2.05) is 18.2 Å². The lowest BCUT2D eigenvalue weighted by molar-refractivity contribution is 0.343. The number of hydrogen-bond donors (Lipinski definition) is 1. The van der Waals surface area contributed by atoms with Crippen LogP contribution in [0.1, 0.15) is 40.2 Å². The Morgan fingerprint density at radius 1 is 1.00 bits per heavy atom. The maximum atomic E-state index is 12.4. The summed E-state index contributed by atoms with van der Waals surface area (Å²) in [6.07, 6.45) is 1.77. The van der Waals surface area contributed by atoms with Crippen molar-refractivity contribution in [2.45, 2.75) is 46.7 Å². The summed E-state index contributed by atoms with van der Waals surface area (Å²) < 4.78 is 1.73. The lowest BCUT2D eigenvalue weighted by Crippen LogP contribution is -2.30. The lowest BCUT2D eigenvalue weighted by atomic mass is 9.95. The molecule has 3 aromatic rings. The van der Waals surface area contributed by atoms with Gasteiger partial charge < -0.3 is 5.32 Å². The molecule has 26 heavy (non-hydrogen) atoms. The van der Waals surface area contributed by atoms with Crippen LogP contribution in [-0.4, -0.2) is 14.5 Å². The second-order valence-electron chi connectivity index (χ2n) is 8.41. The zero-order valence-electron chi connectivity index (χ0n) is 16.1. The first-order valence-corrected chi connectivity index (χ1v) is 8.86. The first kappa shape index (κ1) is 18.1. The zero-order valence-corrected chi connectivity index (χ0v) is 16.1. The molecule has 0 aliphatic rings. The second-order valence-corrected chi connectivity index (χ2v) is 8.41. The number of benzene rings is 1. The van der Waals surface area contributed by atoms with E-state index in [-0.39, 0.29) is 16.5 Å². The number of rotatable bonds is 4. The van der Waals surface area contributed by atoms with Gasteiger partial charge in [-0.05, 0) is 30.9 Å². The highest BCUT2D eigenvalue weighted by Crippen LogP contribution is 2.25. The van der Waals surface area contributed by atoms with Gasteiger partial charge in [-0.25, -0.2) is 4.98 Å². The number of aromatic nitrogens is 3. The van der Waals surface area contributed by atoms with Crippen LogP contribution >= 0.6 is 0 Å². The van der Waals surface area contributed by atoms with Crippen LogP contribution in [0.2, 0.25) is 0 Å². The largest absolute Gasteiger partial charge is 0.345 e. The van der Waals surface area contributed by atoms with Crippen LogP contribution in [0.3, 0.4) is 0 Å². The van der Waals surface area contributed by atoms with E-state index in [9.17, 15) is 4.79 Å². The molecule has 0 spiro atoms. The maximum absolute atomic E-state index is 12.4. The van der Waals surface area contributed by atoms with Crippen molar-refractivity contribution < 1.29 is 0 Å². The monoisotopic (exact) mass is 350 g/mol. The molecule has 0 amide bonds. The third kappa shape index (κ3) is 3.93. The van der Waals surface area contributed by atoms with Crippen molar-refractivity contribution in [3.05, 3.63) is 64.6 Å². The van der Waals surface area contributed by atoms with Crippen LogP contribution in [0.5, 0.6) is 0 Å². The van der Waals surface area contributed by atoms with Gasteiger partial charge in [-0.2, -0.15) is 4.98 Å². The first-order chi connectivity index (χ1) is 12.2. The molecule has 2 heterocycles. The highest BCUT2D eigenvalue weighted by molar-refractivity contribution is 5.75. The van der Waals surface area contributed by atoms with E-state index in [2.05, 4.69) is 62.0 Å². The van der Waals surface area contributed by atoms with Crippen LogP contribution in [0, 0.1) is 5.41 Å². The highest BCUT2D eigenvalue weighted by atomic mass is 16.1. The average Bonchev–Trinajstić information content (AvgIpc) is 2.57. The molecule has 0 unspecified atom stereocenters. The van der Waals surface area contributed by atoms with Crippen molar-refractivity contribution in [1.82, 2.24) is 14.5 Å². The molecule has 0 bridgehead atoms. The molecule has 1 aromatic carbocycles. The number of pyridine rings is 1.